The van der Waals surface area contributed by atoms with Crippen molar-refractivity contribution in [3.05, 3.63) is 83.8 Å². The third-order valence-electron chi connectivity index (χ3n) is 4.41. The van der Waals surface area contributed by atoms with E-state index in [2.05, 4.69) is 46.0 Å². The second kappa shape index (κ2) is 8.35. The Labute approximate surface area is 168 Å². The molecule has 0 aliphatic rings. The Morgan fingerprint density at radius 3 is 2.61 bits per heavy atom. The van der Waals surface area contributed by atoms with E-state index in [9.17, 15) is 0 Å². The number of methoxy groups -OCH3 is 1. The molecule has 0 saturated heterocycles. The molecule has 2 aromatic carbocycles. The molecule has 0 fully saturated rings. The Hall–Kier alpha value is -2.99. The molecule has 0 atom stereocenters. The Morgan fingerprint density at radius 1 is 1.04 bits per heavy atom. The zero-order chi connectivity index (χ0) is 19.3. The molecule has 2 aromatic heterocycles. The third kappa shape index (κ3) is 4.12. The summed E-state index contributed by atoms with van der Waals surface area (Å²) >= 11 is 1.68. The summed E-state index contributed by atoms with van der Waals surface area (Å²) in [7, 11) is 1.66. The number of furan rings is 1. The molecule has 5 nitrogen and oxygen atoms in total. The van der Waals surface area contributed by atoms with Crippen LogP contribution < -0.4 is 4.74 Å². The van der Waals surface area contributed by atoms with Crippen molar-refractivity contribution in [1.82, 2.24) is 14.8 Å². The molecule has 0 N–H and O–H groups in total. The van der Waals surface area contributed by atoms with Gasteiger partial charge in [0.1, 0.15) is 11.5 Å². The van der Waals surface area contributed by atoms with Crippen molar-refractivity contribution < 1.29 is 9.15 Å². The highest BCUT2D eigenvalue weighted by Gasteiger charge is 2.16. The molecule has 0 radical (unpaired) electrons. The van der Waals surface area contributed by atoms with Gasteiger partial charge in [-0.1, -0.05) is 41.6 Å². The molecule has 28 heavy (non-hydrogen) atoms. The smallest absolute Gasteiger partial charge is 0.192 e. The molecule has 0 spiro atoms. The number of aromatic nitrogens is 3. The van der Waals surface area contributed by atoms with Crippen LogP contribution in [0.4, 0.5) is 0 Å². The first-order valence-electron chi connectivity index (χ1n) is 9.01. The Morgan fingerprint density at radius 2 is 1.89 bits per heavy atom. The van der Waals surface area contributed by atoms with Gasteiger partial charge in [0.2, 0.25) is 0 Å². The molecule has 4 aromatic rings. The molecule has 0 unspecified atom stereocenters. The fourth-order valence-corrected chi connectivity index (χ4v) is 3.88. The second-order valence-corrected chi connectivity index (χ2v) is 7.42. The Balaban J connectivity index is 1.64. The molecule has 4 rings (SSSR count). The van der Waals surface area contributed by atoms with Gasteiger partial charge in [-0.2, -0.15) is 0 Å². The molecule has 2 heterocycles. The van der Waals surface area contributed by atoms with Gasteiger partial charge in [-0.3, -0.25) is 4.57 Å². The van der Waals surface area contributed by atoms with Crippen LogP contribution in [0, 0.1) is 6.92 Å². The van der Waals surface area contributed by atoms with Crippen molar-refractivity contribution in [3.8, 4) is 17.1 Å². The average molecular weight is 391 g/mol. The normalized spacial score (nSPS) is 10.9. The number of hydrogen-bond acceptors (Lipinski definition) is 5. The molecule has 0 aliphatic carbocycles. The van der Waals surface area contributed by atoms with Crippen molar-refractivity contribution in [2.75, 3.05) is 7.11 Å². The molecule has 0 amide bonds. The monoisotopic (exact) mass is 391 g/mol. The fourth-order valence-electron chi connectivity index (χ4n) is 3.00. The number of nitrogens with zero attached hydrogens (tertiary/aromatic N) is 3. The van der Waals surface area contributed by atoms with Gasteiger partial charge in [0.15, 0.2) is 11.0 Å². The molecule has 0 saturated carbocycles. The van der Waals surface area contributed by atoms with Crippen LogP contribution in [0.1, 0.15) is 16.9 Å². The van der Waals surface area contributed by atoms with Gasteiger partial charge >= 0.3 is 0 Å². The van der Waals surface area contributed by atoms with Gasteiger partial charge in [0.05, 0.1) is 19.9 Å². The third-order valence-corrected chi connectivity index (χ3v) is 5.45. The lowest BCUT2D eigenvalue weighted by molar-refractivity contribution is 0.415. The first-order chi connectivity index (χ1) is 13.7. The van der Waals surface area contributed by atoms with Crippen LogP contribution >= 0.6 is 11.8 Å². The minimum Gasteiger partial charge on any atom is -0.497 e. The number of thioether (sulfide) groups is 1. The molecular weight excluding hydrogens is 370 g/mol. The lowest BCUT2D eigenvalue weighted by atomic mass is 10.2. The van der Waals surface area contributed by atoms with Crippen molar-refractivity contribution in [3.63, 3.8) is 0 Å². The number of rotatable bonds is 7. The van der Waals surface area contributed by atoms with Crippen LogP contribution in [-0.4, -0.2) is 21.9 Å². The standard InChI is InChI=1S/C22H21N3O2S/c1-16-5-3-6-17(13-16)15-28-22-24-23-21(18-8-10-19(26-2)11-9-18)25(22)14-20-7-4-12-27-20/h3-13H,14-15H2,1-2H3. The van der Waals surface area contributed by atoms with Crippen LogP contribution in [0.2, 0.25) is 0 Å². The molecule has 0 aliphatic heterocycles. The maximum absolute atomic E-state index is 5.56. The fraction of sp³-hybridized carbons (Fsp3) is 0.182. The van der Waals surface area contributed by atoms with E-state index in [1.54, 1.807) is 25.1 Å². The van der Waals surface area contributed by atoms with E-state index in [4.69, 9.17) is 9.15 Å². The van der Waals surface area contributed by atoms with Gasteiger partial charge in [0.25, 0.3) is 0 Å². The highest BCUT2D eigenvalue weighted by Crippen LogP contribution is 2.28. The van der Waals surface area contributed by atoms with Gasteiger partial charge in [-0.25, -0.2) is 0 Å². The topological polar surface area (TPSA) is 53.1 Å². The highest BCUT2D eigenvalue weighted by molar-refractivity contribution is 7.98. The molecular formula is C22H21N3O2S. The SMILES string of the molecule is COc1ccc(-c2nnc(SCc3cccc(C)c3)n2Cc2ccco2)cc1. The van der Waals surface area contributed by atoms with Crippen LogP contribution in [0.5, 0.6) is 5.75 Å². The quantitative estimate of drug-likeness (QED) is 0.406. The summed E-state index contributed by atoms with van der Waals surface area (Å²) in [5.41, 5.74) is 3.51. The van der Waals surface area contributed by atoms with Crippen molar-refractivity contribution in [2.24, 2.45) is 0 Å². The number of ether oxygens (including phenoxy) is 1. The first kappa shape index (κ1) is 18.4. The van der Waals surface area contributed by atoms with Crippen molar-refractivity contribution in [1.29, 1.82) is 0 Å². The summed E-state index contributed by atoms with van der Waals surface area (Å²) in [5, 5.41) is 9.78. The van der Waals surface area contributed by atoms with Crippen LogP contribution in [-0.2, 0) is 12.3 Å². The zero-order valence-corrected chi connectivity index (χ0v) is 16.6. The van der Waals surface area contributed by atoms with E-state index in [1.807, 2.05) is 36.4 Å². The maximum atomic E-state index is 5.56. The lowest BCUT2D eigenvalue weighted by Crippen LogP contribution is -2.03. The van der Waals surface area contributed by atoms with E-state index in [0.29, 0.717) is 6.54 Å². The van der Waals surface area contributed by atoms with Gasteiger partial charge in [-0.15, -0.1) is 10.2 Å². The van der Waals surface area contributed by atoms with Gasteiger partial charge < -0.3 is 9.15 Å². The first-order valence-corrected chi connectivity index (χ1v) is 10.00. The average Bonchev–Trinajstić information content (AvgIpc) is 3.37. The summed E-state index contributed by atoms with van der Waals surface area (Å²) < 4.78 is 12.9. The maximum Gasteiger partial charge on any atom is 0.192 e. The Bertz CT molecular complexity index is 1040. The number of hydrogen-bond donors (Lipinski definition) is 0. The van der Waals surface area contributed by atoms with Gasteiger partial charge in [-0.05, 0) is 48.9 Å². The Kier molecular flexibility index (Phi) is 5.48. The lowest BCUT2D eigenvalue weighted by Gasteiger charge is -2.09. The van der Waals surface area contributed by atoms with Crippen molar-refractivity contribution >= 4 is 11.8 Å². The van der Waals surface area contributed by atoms with E-state index in [1.165, 1.54) is 11.1 Å². The largest absolute Gasteiger partial charge is 0.497 e. The van der Waals surface area contributed by atoms with Gasteiger partial charge in [0, 0.05) is 11.3 Å². The zero-order valence-electron chi connectivity index (χ0n) is 15.8. The molecule has 0 bridgehead atoms. The summed E-state index contributed by atoms with van der Waals surface area (Å²) in [6.45, 7) is 2.69. The predicted molar refractivity (Wildman–Crippen MR) is 111 cm³/mol. The molecule has 142 valence electrons. The summed E-state index contributed by atoms with van der Waals surface area (Å²) in [5.74, 6) is 3.33. The van der Waals surface area contributed by atoms with Crippen LogP contribution in [0.15, 0.2) is 76.5 Å². The predicted octanol–water partition coefficient (Wildman–Crippen LogP) is 5.20. The minimum atomic E-state index is 0.581. The van der Waals surface area contributed by atoms with Crippen LogP contribution in [0.3, 0.4) is 0 Å². The summed E-state index contributed by atoms with van der Waals surface area (Å²) in [4.78, 5) is 0. The minimum absolute atomic E-state index is 0.581. The van der Waals surface area contributed by atoms with E-state index < -0.39 is 0 Å². The molecule has 6 heteroatoms. The van der Waals surface area contributed by atoms with E-state index in [0.717, 1.165) is 33.8 Å². The number of aryl methyl sites for hydroxylation is 1. The summed E-state index contributed by atoms with van der Waals surface area (Å²) in [6, 6.07) is 20.2. The summed E-state index contributed by atoms with van der Waals surface area (Å²) in [6.07, 6.45) is 1.69. The van der Waals surface area contributed by atoms with Crippen molar-refractivity contribution in [2.45, 2.75) is 24.4 Å². The van der Waals surface area contributed by atoms with E-state index >= 15 is 0 Å². The highest BCUT2D eigenvalue weighted by atomic mass is 32.2. The second-order valence-electron chi connectivity index (χ2n) is 6.48. The van der Waals surface area contributed by atoms with E-state index in [-0.39, 0.29) is 0 Å². The van der Waals surface area contributed by atoms with Crippen LogP contribution in [0.25, 0.3) is 11.4 Å². The number of benzene rings is 2.